The van der Waals surface area contributed by atoms with Gasteiger partial charge in [-0.25, -0.2) is 9.97 Å². The molecule has 0 spiro atoms. The number of fused-ring (bicyclic) bond motifs is 3. The molecule has 2 aromatic rings. The standard InChI is InChI=1S/C20H28N4O3S/c1-26-9-8-22-13-3-5-14(6-4-13)27-19-18-17-12(10-16(21)25)2-7-15(17)28-20(18)24-11-23-19/h11-14,22H,2-10H2,1H3,(H2,21,25)/t12-,13-,14-/m1/s1. The number of rotatable bonds is 8. The number of primary amides is 1. The van der Waals surface area contributed by atoms with Crippen LogP contribution in [0.2, 0.25) is 0 Å². The number of aromatic nitrogens is 2. The van der Waals surface area contributed by atoms with Gasteiger partial charge >= 0.3 is 0 Å². The van der Waals surface area contributed by atoms with Crippen molar-refractivity contribution in [3.8, 4) is 5.88 Å². The third-order valence-electron chi connectivity index (χ3n) is 5.83. The first kappa shape index (κ1) is 19.5. The first-order valence-electron chi connectivity index (χ1n) is 10.1. The van der Waals surface area contributed by atoms with Crippen molar-refractivity contribution in [1.29, 1.82) is 0 Å². The van der Waals surface area contributed by atoms with Crippen LogP contribution in [0.4, 0.5) is 0 Å². The van der Waals surface area contributed by atoms with Gasteiger partial charge in [-0.15, -0.1) is 11.3 Å². The van der Waals surface area contributed by atoms with Crippen molar-refractivity contribution in [1.82, 2.24) is 15.3 Å². The smallest absolute Gasteiger partial charge is 0.225 e. The van der Waals surface area contributed by atoms with Gasteiger partial charge in [-0.2, -0.15) is 0 Å². The third-order valence-corrected chi connectivity index (χ3v) is 7.01. The van der Waals surface area contributed by atoms with E-state index in [-0.39, 0.29) is 17.9 Å². The molecule has 3 N–H and O–H groups in total. The molecule has 2 aliphatic rings. The summed E-state index contributed by atoms with van der Waals surface area (Å²) in [6.07, 6.45) is 8.28. The zero-order valence-corrected chi connectivity index (χ0v) is 17.1. The van der Waals surface area contributed by atoms with Gasteiger partial charge in [-0.1, -0.05) is 0 Å². The molecule has 1 atom stereocenters. The van der Waals surface area contributed by atoms with Gasteiger partial charge in [0.15, 0.2) is 0 Å². The van der Waals surface area contributed by atoms with Gasteiger partial charge in [0.25, 0.3) is 0 Å². The SMILES string of the molecule is COCCN[C@H]1CC[C@H](Oc2ncnc3sc4c(c23)[C@@H](CC(N)=O)CC4)CC1. The number of carbonyl (C=O) groups excluding carboxylic acids is 1. The fourth-order valence-corrected chi connectivity index (χ4v) is 5.72. The highest BCUT2D eigenvalue weighted by Crippen LogP contribution is 2.47. The Balaban J connectivity index is 1.47. The van der Waals surface area contributed by atoms with E-state index in [0.29, 0.717) is 18.3 Å². The van der Waals surface area contributed by atoms with E-state index in [0.717, 1.165) is 61.9 Å². The van der Waals surface area contributed by atoms with E-state index in [1.165, 1.54) is 10.4 Å². The van der Waals surface area contributed by atoms with E-state index in [9.17, 15) is 4.79 Å². The zero-order chi connectivity index (χ0) is 19.5. The van der Waals surface area contributed by atoms with Crippen LogP contribution in [0.25, 0.3) is 10.2 Å². The number of ether oxygens (including phenoxy) is 2. The Morgan fingerprint density at radius 3 is 2.86 bits per heavy atom. The summed E-state index contributed by atoms with van der Waals surface area (Å²) in [6.45, 7) is 1.63. The quantitative estimate of drug-likeness (QED) is 0.656. The van der Waals surface area contributed by atoms with E-state index in [1.54, 1.807) is 24.8 Å². The largest absolute Gasteiger partial charge is 0.474 e. The van der Waals surface area contributed by atoms with Crippen LogP contribution in [0.1, 0.15) is 54.9 Å². The number of carbonyl (C=O) groups is 1. The number of nitrogens with one attached hydrogen (secondary N) is 1. The molecule has 7 nitrogen and oxygen atoms in total. The lowest BCUT2D eigenvalue weighted by Crippen LogP contribution is -2.37. The van der Waals surface area contributed by atoms with Gasteiger partial charge in [0.2, 0.25) is 11.8 Å². The Hall–Kier alpha value is -1.77. The molecule has 152 valence electrons. The van der Waals surface area contributed by atoms with Crippen LogP contribution in [0, 0.1) is 0 Å². The number of thiophene rings is 1. The van der Waals surface area contributed by atoms with Gasteiger partial charge in [-0.3, -0.25) is 4.79 Å². The molecule has 1 fully saturated rings. The summed E-state index contributed by atoms with van der Waals surface area (Å²) in [5.74, 6) is 0.584. The topological polar surface area (TPSA) is 99.4 Å². The molecule has 2 aromatic heterocycles. The van der Waals surface area contributed by atoms with Crippen LogP contribution in [-0.2, 0) is 16.0 Å². The Kier molecular flexibility index (Phi) is 6.08. The summed E-state index contributed by atoms with van der Waals surface area (Å²) in [7, 11) is 1.73. The molecule has 0 saturated heterocycles. The lowest BCUT2D eigenvalue weighted by atomic mass is 9.93. The van der Waals surface area contributed by atoms with Crippen molar-refractivity contribution in [2.24, 2.45) is 5.73 Å². The molecular formula is C20H28N4O3S. The molecule has 1 amide bonds. The number of nitrogens with two attached hydrogens (primary N) is 1. The highest BCUT2D eigenvalue weighted by atomic mass is 32.1. The lowest BCUT2D eigenvalue weighted by molar-refractivity contribution is -0.118. The van der Waals surface area contributed by atoms with Crippen molar-refractivity contribution in [3.63, 3.8) is 0 Å². The number of hydrogen-bond donors (Lipinski definition) is 2. The maximum absolute atomic E-state index is 11.5. The summed E-state index contributed by atoms with van der Waals surface area (Å²) in [5, 5.41) is 4.55. The van der Waals surface area contributed by atoms with Gasteiger partial charge in [0.05, 0.1) is 12.0 Å². The van der Waals surface area contributed by atoms with Crippen LogP contribution >= 0.6 is 11.3 Å². The maximum atomic E-state index is 11.5. The number of aryl methyl sites for hydroxylation is 1. The molecule has 0 aromatic carbocycles. The number of methoxy groups -OCH3 is 1. The van der Waals surface area contributed by atoms with Crippen molar-refractivity contribution < 1.29 is 14.3 Å². The monoisotopic (exact) mass is 404 g/mol. The van der Waals surface area contributed by atoms with Crippen molar-refractivity contribution in [3.05, 3.63) is 16.8 Å². The van der Waals surface area contributed by atoms with Crippen LogP contribution in [-0.4, -0.2) is 48.3 Å². The minimum absolute atomic E-state index is 0.162. The minimum Gasteiger partial charge on any atom is -0.474 e. The molecule has 0 bridgehead atoms. The van der Waals surface area contributed by atoms with E-state index in [4.69, 9.17) is 15.2 Å². The summed E-state index contributed by atoms with van der Waals surface area (Å²) in [4.78, 5) is 22.7. The number of nitrogens with zero attached hydrogens (tertiary/aromatic N) is 2. The predicted molar refractivity (Wildman–Crippen MR) is 109 cm³/mol. The molecule has 0 unspecified atom stereocenters. The van der Waals surface area contributed by atoms with Crippen molar-refractivity contribution in [2.75, 3.05) is 20.3 Å². The third kappa shape index (κ3) is 4.14. The summed E-state index contributed by atoms with van der Waals surface area (Å²) in [6, 6.07) is 0.533. The number of hydrogen-bond acceptors (Lipinski definition) is 7. The van der Waals surface area contributed by atoms with E-state index in [2.05, 4.69) is 15.3 Å². The second-order valence-electron chi connectivity index (χ2n) is 7.74. The van der Waals surface area contributed by atoms with Gasteiger partial charge in [-0.05, 0) is 50.0 Å². The van der Waals surface area contributed by atoms with Crippen LogP contribution in [0.5, 0.6) is 5.88 Å². The zero-order valence-electron chi connectivity index (χ0n) is 16.3. The molecule has 2 aliphatic carbocycles. The van der Waals surface area contributed by atoms with Crippen molar-refractivity contribution in [2.45, 2.75) is 63.0 Å². The highest BCUT2D eigenvalue weighted by Gasteiger charge is 2.32. The maximum Gasteiger partial charge on any atom is 0.225 e. The molecule has 28 heavy (non-hydrogen) atoms. The Labute approximate surface area is 169 Å². The lowest BCUT2D eigenvalue weighted by Gasteiger charge is -2.29. The molecule has 1 saturated carbocycles. The van der Waals surface area contributed by atoms with Gasteiger partial charge < -0.3 is 20.5 Å². The predicted octanol–water partition coefficient (Wildman–Crippen LogP) is 2.52. The molecular weight excluding hydrogens is 376 g/mol. The average Bonchev–Trinajstić information content (AvgIpc) is 3.23. The number of amides is 1. The molecule has 2 heterocycles. The first-order chi connectivity index (χ1) is 13.7. The molecule has 0 radical (unpaired) electrons. The Morgan fingerprint density at radius 2 is 2.11 bits per heavy atom. The first-order valence-corrected chi connectivity index (χ1v) is 10.9. The Morgan fingerprint density at radius 1 is 1.29 bits per heavy atom. The normalized spacial score (nSPS) is 24.4. The molecule has 8 heteroatoms. The van der Waals surface area contributed by atoms with Crippen LogP contribution in [0.15, 0.2) is 6.33 Å². The Bertz CT molecular complexity index is 832. The second kappa shape index (κ2) is 8.71. The van der Waals surface area contributed by atoms with Crippen LogP contribution < -0.4 is 15.8 Å². The van der Waals surface area contributed by atoms with Crippen LogP contribution in [0.3, 0.4) is 0 Å². The average molecular weight is 405 g/mol. The van der Waals surface area contributed by atoms with E-state index in [1.807, 2.05) is 0 Å². The summed E-state index contributed by atoms with van der Waals surface area (Å²) < 4.78 is 11.5. The van der Waals surface area contributed by atoms with E-state index >= 15 is 0 Å². The molecule has 0 aliphatic heterocycles. The van der Waals surface area contributed by atoms with Gasteiger partial charge in [0.1, 0.15) is 17.3 Å². The second-order valence-corrected chi connectivity index (χ2v) is 8.83. The fraction of sp³-hybridized carbons (Fsp3) is 0.650. The van der Waals surface area contributed by atoms with E-state index < -0.39 is 0 Å². The minimum atomic E-state index is -0.254. The van der Waals surface area contributed by atoms with Gasteiger partial charge in [0, 0.05) is 31.0 Å². The summed E-state index contributed by atoms with van der Waals surface area (Å²) >= 11 is 1.70. The highest BCUT2D eigenvalue weighted by molar-refractivity contribution is 7.19. The fourth-order valence-electron chi connectivity index (χ4n) is 4.48. The summed E-state index contributed by atoms with van der Waals surface area (Å²) in [5.41, 5.74) is 6.67. The molecule has 4 rings (SSSR count). The van der Waals surface area contributed by atoms with Crippen molar-refractivity contribution >= 4 is 27.5 Å².